The van der Waals surface area contributed by atoms with Gasteiger partial charge in [0, 0.05) is 30.5 Å². The zero-order chi connectivity index (χ0) is 13.5. The van der Waals surface area contributed by atoms with Crippen LogP contribution in [0.5, 0.6) is 0 Å². The number of imidazole rings is 1. The highest BCUT2D eigenvalue weighted by molar-refractivity contribution is 5.81. The van der Waals surface area contributed by atoms with E-state index in [1.165, 1.54) is 18.4 Å². The predicted octanol–water partition coefficient (Wildman–Crippen LogP) is 2.89. The van der Waals surface area contributed by atoms with Crippen molar-refractivity contribution in [3.63, 3.8) is 0 Å². The Morgan fingerprint density at radius 1 is 1.15 bits per heavy atom. The van der Waals surface area contributed by atoms with Gasteiger partial charge in [0.25, 0.3) is 0 Å². The van der Waals surface area contributed by atoms with Gasteiger partial charge in [-0.25, -0.2) is 4.98 Å². The molecule has 1 aliphatic carbocycles. The number of rotatable bonds is 3. The third-order valence-corrected chi connectivity index (χ3v) is 3.84. The summed E-state index contributed by atoms with van der Waals surface area (Å²) in [6.45, 7) is 0.552. The fourth-order valence-electron chi connectivity index (χ4n) is 2.68. The lowest BCUT2D eigenvalue weighted by Gasteiger charge is -2.07. The molecule has 1 aromatic carbocycles. The Labute approximate surface area is 117 Å². The zero-order valence-corrected chi connectivity index (χ0v) is 11.2. The van der Waals surface area contributed by atoms with Crippen LogP contribution in [0.2, 0.25) is 0 Å². The van der Waals surface area contributed by atoms with Crippen molar-refractivity contribution in [2.24, 2.45) is 5.73 Å². The van der Waals surface area contributed by atoms with E-state index in [0.29, 0.717) is 12.6 Å². The standard InChI is InChI=1S/C16H16N4/c17-10-11-1-4-15-14(9-11)19-16(20(15)13-2-3-13)12-5-7-18-8-6-12/h1,4-9,13H,2-3,10,17H2. The fraction of sp³-hybridized carbons (Fsp3) is 0.250. The second kappa shape index (κ2) is 4.42. The summed E-state index contributed by atoms with van der Waals surface area (Å²) < 4.78 is 2.37. The molecular weight excluding hydrogens is 248 g/mol. The molecule has 1 fully saturated rings. The molecule has 2 aromatic heterocycles. The number of nitrogens with two attached hydrogens (primary N) is 1. The van der Waals surface area contributed by atoms with E-state index in [-0.39, 0.29) is 0 Å². The van der Waals surface area contributed by atoms with Gasteiger partial charge in [0.1, 0.15) is 5.82 Å². The summed E-state index contributed by atoms with van der Waals surface area (Å²) in [6, 6.07) is 11.0. The second-order valence-corrected chi connectivity index (χ2v) is 5.30. The van der Waals surface area contributed by atoms with Crippen molar-refractivity contribution in [2.75, 3.05) is 0 Å². The summed E-state index contributed by atoms with van der Waals surface area (Å²) >= 11 is 0. The largest absolute Gasteiger partial charge is 0.326 e. The lowest BCUT2D eigenvalue weighted by atomic mass is 10.2. The number of benzene rings is 1. The molecule has 20 heavy (non-hydrogen) atoms. The smallest absolute Gasteiger partial charge is 0.141 e. The lowest BCUT2D eigenvalue weighted by molar-refractivity contribution is 0.775. The van der Waals surface area contributed by atoms with Crippen molar-refractivity contribution >= 4 is 11.0 Å². The summed E-state index contributed by atoms with van der Waals surface area (Å²) in [5.74, 6) is 1.04. The number of hydrogen-bond acceptors (Lipinski definition) is 3. The highest BCUT2D eigenvalue weighted by Gasteiger charge is 2.28. The molecule has 1 saturated carbocycles. The first kappa shape index (κ1) is 11.6. The minimum atomic E-state index is 0.552. The van der Waals surface area contributed by atoms with Gasteiger partial charge in [-0.15, -0.1) is 0 Å². The third kappa shape index (κ3) is 1.80. The van der Waals surface area contributed by atoms with Crippen molar-refractivity contribution in [3.05, 3.63) is 48.3 Å². The third-order valence-electron chi connectivity index (χ3n) is 3.84. The maximum absolute atomic E-state index is 5.73. The molecule has 3 aromatic rings. The van der Waals surface area contributed by atoms with E-state index in [2.05, 4.69) is 27.8 Å². The summed E-state index contributed by atoms with van der Waals surface area (Å²) in [7, 11) is 0. The molecule has 4 rings (SSSR count). The van der Waals surface area contributed by atoms with Crippen molar-refractivity contribution in [2.45, 2.75) is 25.4 Å². The second-order valence-electron chi connectivity index (χ2n) is 5.30. The molecule has 2 heterocycles. The van der Waals surface area contributed by atoms with Crippen LogP contribution in [0.15, 0.2) is 42.7 Å². The Balaban J connectivity index is 1.97. The van der Waals surface area contributed by atoms with Gasteiger partial charge in [0.05, 0.1) is 11.0 Å². The van der Waals surface area contributed by atoms with Gasteiger partial charge < -0.3 is 10.3 Å². The van der Waals surface area contributed by atoms with Gasteiger partial charge in [-0.2, -0.15) is 0 Å². The molecule has 100 valence electrons. The number of fused-ring (bicyclic) bond motifs is 1. The Kier molecular flexibility index (Phi) is 2.57. The SMILES string of the molecule is NCc1ccc2c(c1)nc(-c1ccncc1)n2C1CC1. The maximum Gasteiger partial charge on any atom is 0.141 e. The first-order valence-corrected chi connectivity index (χ1v) is 6.98. The van der Waals surface area contributed by atoms with Crippen LogP contribution < -0.4 is 5.73 Å². The van der Waals surface area contributed by atoms with E-state index in [9.17, 15) is 0 Å². The Bertz CT molecular complexity index is 757. The molecule has 0 saturated heterocycles. The van der Waals surface area contributed by atoms with Crippen LogP contribution in [0.25, 0.3) is 22.4 Å². The van der Waals surface area contributed by atoms with E-state index in [1.54, 1.807) is 0 Å². The fourth-order valence-corrected chi connectivity index (χ4v) is 2.68. The van der Waals surface area contributed by atoms with Crippen LogP contribution >= 0.6 is 0 Å². The maximum atomic E-state index is 5.73. The molecule has 0 atom stereocenters. The monoisotopic (exact) mass is 264 g/mol. The first-order valence-electron chi connectivity index (χ1n) is 6.98. The minimum Gasteiger partial charge on any atom is -0.326 e. The van der Waals surface area contributed by atoms with Crippen molar-refractivity contribution in [1.82, 2.24) is 14.5 Å². The Hall–Kier alpha value is -2.20. The normalized spacial score (nSPS) is 14.8. The van der Waals surface area contributed by atoms with Crippen molar-refractivity contribution < 1.29 is 0 Å². The van der Waals surface area contributed by atoms with Crippen molar-refractivity contribution in [1.29, 1.82) is 0 Å². The quantitative estimate of drug-likeness (QED) is 0.791. The van der Waals surface area contributed by atoms with Gasteiger partial charge in [-0.05, 0) is 42.7 Å². The Morgan fingerprint density at radius 3 is 2.65 bits per heavy atom. The Morgan fingerprint density at radius 2 is 1.95 bits per heavy atom. The van der Waals surface area contributed by atoms with E-state index in [4.69, 9.17) is 10.7 Å². The number of nitrogens with zero attached hydrogens (tertiary/aromatic N) is 3. The van der Waals surface area contributed by atoms with Crippen LogP contribution in [0, 0.1) is 0 Å². The highest BCUT2D eigenvalue weighted by Crippen LogP contribution is 2.41. The number of aromatic nitrogens is 3. The number of pyridine rings is 1. The molecule has 1 aliphatic rings. The minimum absolute atomic E-state index is 0.552. The lowest BCUT2D eigenvalue weighted by Crippen LogP contribution is -1.98. The summed E-state index contributed by atoms with van der Waals surface area (Å²) in [6.07, 6.45) is 6.11. The van der Waals surface area contributed by atoms with Gasteiger partial charge >= 0.3 is 0 Å². The zero-order valence-electron chi connectivity index (χ0n) is 11.2. The average molecular weight is 264 g/mol. The highest BCUT2D eigenvalue weighted by atomic mass is 15.1. The van der Waals surface area contributed by atoms with Gasteiger partial charge in [-0.1, -0.05) is 6.07 Å². The molecule has 2 N–H and O–H groups in total. The van der Waals surface area contributed by atoms with E-state index < -0.39 is 0 Å². The topological polar surface area (TPSA) is 56.7 Å². The van der Waals surface area contributed by atoms with Crippen LogP contribution in [-0.2, 0) is 6.54 Å². The van der Waals surface area contributed by atoms with Crippen LogP contribution in [0.4, 0.5) is 0 Å². The molecule has 0 bridgehead atoms. The average Bonchev–Trinajstić information content (AvgIpc) is 3.27. The molecular formula is C16H16N4. The molecule has 0 radical (unpaired) electrons. The van der Waals surface area contributed by atoms with Crippen molar-refractivity contribution in [3.8, 4) is 11.4 Å². The van der Waals surface area contributed by atoms with E-state index in [1.807, 2.05) is 24.5 Å². The number of hydrogen-bond donors (Lipinski definition) is 1. The first-order chi connectivity index (χ1) is 9.86. The molecule has 0 aliphatic heterocycles. The van der Waals surface area contributed by atoms with Crippen LogP contribution in [0.1, 0.15) is 24.4 Å². The summed E-state index contributed by atoms with van der Waals surface area (Å²) in [4.78, 5) is 8.92. The van der Waals surface area contributed by atoms with Crippen LogP contribution in [-0.4, -0.2) is 14.5 Å². The summed E-state index contributed by atoms with van der Waals surface area (Å²) in [5, 5.41) is 0. The summed E-state index contributed by atoms with van der Waals surface area (Å²) in [5.41, 5.74) is 10.2. The van der Waals surface area contributed by atoms with Gasteiger partial charge in [-0.3, -0.25) is 4.98 Å². The van der Waals surface area contributed by atoms with E-state index in [0.717, 1.165) is 22.5 Å². The van der Waals surface area contributed by atoms with Gasteiger partial charge in [0.15, 0.2) is 0 Å². The van der Waals surface area contributed by atoms with Crippen LogP contribution in [0.3, 0.4) is 0 Å². The molecule has 4 heteroatoms. The molecule has 0 unspecified atom stereocenters. The van der Waals surface area contributed by atoms with E-state index >= 15 is 0 Å². The molecule has 0 spiro atoms. The molecule has 4 nitrogen and oxygen atoms in total. The molecule has 0 amide bonds. The van der Waals surface area contributed by atoms with Gasteiger partial charge in [0.2, 0.25) is 0 Å². The predicted molar refractivity (Wildman–Crippen MR) is 79.1 cm³/mol.